The van der Waals surface area contributed by atoms with Gasteiger partial charge in [-0.2, -0.15) is 0 Å². The van der Waals surface area contributed by atoms with Crippen molar-refractivity contribution in [1.29, 1.82) is 0 Å². The number of halogens is 1. The fraction of sp³-hybridized carbons (Fsp3) is 0.467. The molecule has 1 aromatic carbocycles. The minimum atomic E-state index is -0.809. The molecule has 1 saturated carbocycles. The Balaban J connectivity index is 1.86. The zero-order valence-corrected chi connectivity index (χ0v) is 12.7. The van der Waals surface area contributed by atoms with Crippen LogP contribution in [0, 0.1) is 12.8 Å². The largest absolute Gasteiger partial charge is 0.481 e. The highest BCUT2D eigenvalue weighted by atomic mass is 35.5. The van der Waals surface area contributed by atoms with Crippen molar-refractivity contribution >= 4 is 23.5 Å². The molecular formula is C15H18ClNO4. The highest BCUT2D eigenvalue weighted by Crippen LogP contribution is 2.28. The molecule has 0 radical (unpaired) electrons. The van der Waals surface area contributed by atoms with Crippen LogP contribution in [0.5, 0.6) is 5.75 Å². The van der Waals surface area contributed by atoms with Crippen molar-refractivity contribution in [3.63, 3.8) is 0 Å². The Hall–Kier alpha value is -1.75. The fourth-order valence-electron chi connectivity index (χ4n) is 2.20. The number of carboxylic acids is 1. The molecule has 0 aromatic heterocycles. The second-order valence-electron chi connectivity index (χ2n) is 5.41. The molecule has 0 aliphatic heterocycles. The summed E-state index contributed by atoms with van der Waals surface area (Å²) < 4.78 is 5.57. The number of hydrogen-bond acceptors (Lipinski definition) is 3. The van der Waals surface area contributed by atoms with Gasteiger partial charge in [0.1, 0.15) is 5.75 Å². The summed E-state index contributed by atoms with van der Waals surface area (Å²) in [6.45, 7) is 3.55. The molecule has 21 heavy (non-hydrogen) atoms. The first-order valence-corrected chi connectivity index (χ1v) is 7.20. The fourth-order valence-corrected chi connectivity index (χ4v) is 2.36. The van der Waals surface area contributed by atoms with Gasteiger partial charge in [-0.3, -0.25) is 9.59 Å². The van der Waals surface area contributed by atoms with Gasteiger partial charge in [-0.1, -0.05) is 17.7 Å². The maximum atomic E-state index is 12.0. The minimum absolute atomic E-state index is 0.0855. The van der Waals surface area contributed by atoms with Gasteiger partial charge in [0, 0.05) is 6.04 Å². The third-order valence-electron chi connectivity index (χ3n) is 3.59. The molecule has 1 atom stereocenters. The Morgan fingerprint density at radius 2 is 2.10 bits per heavy atom. The van der Waals surface area contributed by atoms with Crippen molar-refractivity contribution in [3.8, 4) is 5.75 Å². The first-order chi connectivity index (χ1) is 9.86. The molecule has 114 valence electrons. The van der Waals surface area contributed by atoms with Gasteiger partial charge in [0.2, 0.25) is 0 Å². The summed E-state index contributed by atoms with van der Waals surface area (Å²) in [5, 5.41) is 12.0. The van der Waals surface area contributed by atoms with Gasteiger partial charge >= 0.3 is 5.97 Å². The summed E-state index contributed by atoms with van der Waals surface area (Å²) >= 11 is 6.02. The molecule has 6 heteroatoms. The van der Waals surface area contributed by atoms with Crippen LogP contribution in [0.3, 0.4) is 0 Å². The number of carbonyl (C=O) groups is 2. The minimum Gasteiger partial charge on any atom is -0.481 e. The van der Waals surface area contributed by atoms with Gasteiger partial charge in [-0.15, -0.1) is 0 Å². The monoisotopic (exact) mass is 311 g/mol. The number of benzene rings is 1. The summed E-state index contributed by atoms with van der Waals surface area (Å²) in [6.07, 6.45) is 0.256. The third kappa shape index (κ3) is 3.88. The van der Waals surface area contributed by atoms with E-state index >= 15 is 0 Å². The molecule has 1 aliphatic carbocycles. The van der Waals surface area contributed by atoms with E-state index < -0.39 is 12.1 Å². The van der Waals surface area contributed by atoms with Crippen LogP contribution in [0.25, 0.3) is 0 Å². The van der Waals surface area contributed by atoms with Crippen LogP contribution < -0.4 is 10.1 Å². The number of carboxylic acid groups (broad SMARTS) is 1. The zero-order chi connectivity index (χ0) is 15.6. The van der Waals surface area contributed by atoms with Gasteiger partial charge in [0.15, 0.2) is 6.10 Å². The zero-order valence-electron chi connectivity index (χ0n) is 11.9. The van der Waals surface area contributed by atoms with Crippen molar-refractivity contribution < 1.29 is 19.4 Å². The number of rotatable bonds is 5. The van der Waals surface area contributed by atoms with Crippen LogP contribution in [0.4, 0.5) is 0 Å². The molecule has 1 aliphatic rings. The maximum Gasteiger partial charge on any atom is 0.306 e. The summed E-state index contributed by atoms with van der Waals surface area (Å²) in [7, 11) is 0. The Morgan fingerprint density at radius 1 is 1.43 bits per heavy atom. The van der Waals surface area contributed by atoms with Crippen LogP contribution in [0.2, 0.25) is 5.02 Å². The number of hydrogen-bond donors (Lipinski definition) is 2. The first kappa shape index (κ1) is 15.6. The molecule has 0 heterocycles. The number of ether oxygens (including phenoxy) is 1. The molecule has 0 bridgehead atoms. The van der Waals surface area contributed by atoms with Crippen LogP contribution >= 0.6 is 11.6 Å². The molecule has 0 spiro atoms. The van der Waals surface area contributed by atoms with Gasteiger partial charge in [-0.25, -0.2) is 0 Å². The Labute approximate surface area is 128 Å². The van der Waals surface area contributed by atoms with E-state index in [0.29, 0.717) is 23.6 Å². The molecular weight excluding hydrogens is 294 g/mol. The van der Waals surface area contributed by atoms with E-state index in [1.807, 2.05) is 13.0 Å². The molecule has 1 aromatic rings. The van der Waals surface area contributed by atoms with Gasteiger partial charge < -0.3 is 15.2 Å². The molecule has 2 N–H and O–H groups in total. The van der Waals surface area contributed by atoms with Crippen molar-refractivity contribution in [2.24, 2.45) is 5.92 Å². The molecule has 1 fully saturated rings. The maximum absolute atomic E-state index is 12.0. The van der Waals surface area contributed by atoms with Crippen molar-refractivity contribution in [2.45, 2.75) is 38.8 Å². The third-order valence-corrected chi connectivity index (χ3v) is 3.91. The molecule has 1 amide bonds. The smallest absolute Gasteiger partial charge is 0.306 e. The second kappa shape index (κ2) is 6.35. The van der Waals surface area contributed by atoms with Crippen molar-refractivity contribution in [1.82, 2.24) is 5.32 Å². The number of amides is 1. The number of nitrogens with one attached hydrogen (secondary N) is 1. The highest BCUT2D eigenvalue weighted by molar-refractivity contribution is 6.32. The lowest BCUT2D eigenvalue weighted by Gasteiger charge is -2.33. The lowest BCUT2D eigenvalue weighted by atomic mass is 9.80. The van der Waals surface area contributed by atoms with E-state index in [-0.39, 0.29) is 17.9 Å². The quantitative estimate of drug-likeness (QED) is 0.875. The van der Waals surface area contributed by atoms with Crippen LogP contribution in [-0.4, -0.2) is 29.1 Å². The van der Waals surface area contributed by atoms with Crippen LogP contribution in [0.15, 0.2) is 18.2 Å². The number of aryl methyl sites for hydroxylation is 1. The summed E-state index contributed by atoms with van der Waals surface area (Å²) in [4.78, 5) is 22.7. The predicted molar refractivity (Wildman–Crippen MR) is 78.6 cm³/mol. The van der Waals surface area contributed by atoms with Gasteiger partial charge in [-0.05, 0) is 44.4 Å². The predicted octanol–water partition coefficient (Wildman–Crippen LogP) is 2.40. The van der Waals surface area contributed by atoms with Gasteiger partial charge in [0.05, 0.1) is 10.9 Å². The Kier molecular flexibility index (Phi) is 4.73. The molecule has 1 unspecified atom stereocenters. The molecule has 5 nitrogen and oxygen atoms in total. The topological polar surface area (TPSA) is 75.6 Å². The summed E-state index contributed by atoms with van der Waals surface area (Å²) in [5.74, 6) is -0.952. The van der Waals surface area contributed by atoms with Crippen molar-refractivity contribution in [3.05, 3.63) is 28.8 Å². The van der Waals surface area contributed by atoms with Gasteiger partial charge in [0.25, 0.3) is 5.91 Å². The summed E-state index contributed by atoms with van der Waals surface area (Å²) in [6, 6.07) is 5.27. The van der Waals surface area contributed by atoms with E-state index in [2.05, 4.69) is 5.32 Å². The Bertz CT molecular complexity index is 555. The SMILES string of the molecule is Cc1ccc(Cl)c(OC(C)C(=O)NC2CC(C(=O)O)C2)c1. The van der Waals surface area contributed by atoms with E-state index in [9.17, 15) is 9.59 Å². The highest BCUT2D eigenvalue weighted by Gasteiger charge is 2.36. The second-order valence-corrected chi connectivity index (χ2v) is 5.81. The van der Waals surface area contributed by atoms with Crippen molar-refractivity contribution in [2.75, 3.05) is 0 Å². The van der Waals surface area contributed by atoms with E-state index in [4.69, 9.17) is 21.4 Å². The molecule has 0 saturated heterocycles. The van der Waals surface area contributed by atoms with Crippen LogP contribution in [-0.2, 0) is 9.59 Å². The lowest BCUT2D eigenvalue weighted by Crippen LogP contribution is -2.50. The van der Waals surface area contributed by atoms with Crippen LogP contribution in [0.1, 0.15) is 25.3 Å². The van der Waals surface area contributed by atoms with E-state index in [0.717, 1.165) is 5.56 Å². The lowest BCUT2D eigenvalue weighted by molar-refractivity contribution is -0.146. The normalized spacial score (nSPS) is 22.0. The molecule has 2 rings (SSSR count). The van der Waals surface area contributed by atoms with E-state index in [1.165, 1.54) is 0 Å². The average Bonchev–Trinajstić information content (AvgIpc) is 2.36. The number of carbonyl (C=O) groups excluding carboxylic acids is 1. The van der Waals surface area contributed by atoms with E-state index in [1.54, 1.807) is 19.1 Å². The Morgan fingerprint density at radius 3 is 2.71 bits per heavy atom. The number of aliphatic carboxylic acids is 1. The first-order valence-electron chi connectivity index (χ1n) is 6.83. The summed E-state index contributed by atoms with van der Waals surface area (Å²) in [5.41, 5.74) is 0.991. The standard InChI is InChI=1S/C15H18ClNO4/c1-8-3-4-12(16)13(5-8)21-9(2)14(18)17-11-6-10(7-11)15(19)20/h3-5,9-11H,6-7H2,1-2H3,(H,17,18)(H,19,20). The average molecular weight is 312 g/mol.